The first-order chi connectivity index (χ1) is 12.8. The highest BCUT2D eigenvalue weighted by Crippen LogP contribution is 2.21. The van der Waals surface area contributed by atoms with Gasteiger partial charge in [-0.25, -0.2) is 0 Å². The van der Waals surface area contributed by atoms with Crippen molar-refractivity contribution in [3.8, 4) is 0 Å². The first-order valence-corrected chi connectivity index (χ1v) is 11.5. The van der Waals surface area contributed by atoms with Crippen LogP contribution in [0.4, 0.5) is 5.69 Å². The maximum absolute atomic E-state index is 2.30. The molecule has 0 unspecified atom stereocenters. The van der Waals surface area contributed by atoms with E-state index in [2.05, 4.69) is 50.2 Å². The van der Waals surface area contributed by atoms with Gasteiger partial charge in [0.15, 0.2) is 0 Å². The summed E-state index contributed by atoms with van der Waals surface area (Å²) in [6, 6.07) is 8.85. The zero-order chi connectivity index (χ0) is 18.9. The van der Waals surface area contributed by atoms with Crippen molar-refractivity contribution in [2.75, 3.05) is 19.0 Å². The summed E-state index contributed by atoms with van der Waals surface area (Å²) < 4.78 is 0. The minimum atomic E-state index is 0. The van der Waals surface area contributed by atoms with Gasteiger partial charge in [-0.05, 0) is 24.5 Å². The first kappa shape index (κ1) is 26.5. The van der Waals surface area contributed by atoms with Gasteiger partial charge in [0, 0.05) is 19.8 Å². The number of nitrogens with zero attached hydrogens (tertiary/aromatic N) is 1. The van der Waals surface area contributed by atoms with Gasteiger partial charge in [0.05, 0.1) is 0 Å². The molecule has 1 aromatic carbocycles. The van der Waals surface area contributed by atoms with E-state index in [1.807, 2.05) is 0 Å². The Hall–Kier alpha value is -0.500. The third-order valence-corrected chi connectivity index (χ3v) is 5.52. The second-order valence-electron chi connectivity index (χ2n) is 8.22. The fraction of sp³-hybridized carbons (Fsp3) is 0.760. The van der Waals surface area contributed by atoms with E-state index in [4.69, 9.17) is 0 Å². The summed E-state index contributed by atoms with van der Waals surface area (Å²) in [4.78, 5) is 2.24. The Bertz CT molecular complexity index is 430. The summed E-state index contributed by atoms with van der Waals surface area (Å²) in [5.41, 5.74) is 2.89. The Balaban J connectivity index is 0.00000676. The highest BCUT2D eigenvalue weighted by molar-refractivity contribution is 8.93. The number of anilines is 1. The SMILES string of the molecule is Br.CCCCCCCCCCCCCCCCCc1ccccc1N(C)C. The molecule has 0 saturated heterocycles. The Morgan fingerprint density at radius 2 is 1.00 bits per heavy atom. The second-order valence-corrected chi connectivity index (χ2v) is 8.22. The standard InChI is InChI=1S/C25H45N.BrH/c1-4-5-6-7-8-9-10-11-12-13-14-15-16-17-18-21-24-22-19-20-23-25(24)26(2)3;/h19-20,22-23H,4-18,21H2,1-3H3;1H. The van der Waals surface area contributed by atoms with Gasteiger partial charge in [0.25, 0.3) is 0 Å². The van der Waals surface area contributed by atoms with Crippen molar-refractivity contribution in [1.82, 2.24) is 0 Å². The highest BCUT2D eigenvalue weighted by atomic mass is 79.9. The molecule has 1 aromatic rings. The van der Waals surface area contributed by atoms with E-state index >= 15 is 0 Å². The third-order valence-electron chi connectivity index (χ3n) is 5.52. The van der Waals surface area contributed by atoms with E-state index in [0.717, 1.165) is 0 Å². The fourth-order valence-corrected chi connectivity index (χ4v) is 3.85. The van der Waals surface area contributed by atoms with Crippen LogP contribution >= 0.6 is 17.0 Å². The van der Waals surface area contributed by atoms with Crippen molar-refractivity contribution in [1.29, 1.82) is 0 Å². The molecule has 0 aromatic heterocycles. The zero-order valence-corrected chi connectivity index (χ0v) is 20.2. The molecular formula is C25H46BrN. The lowest BCUT2D eigenvalue weighted by Crippen LogP contribution is -2.11. The van der Waals surface area contributed by atoms with Crippen molar-refractivity contribution in [2.45, 2.75) is 110 Å². The molecule has 0 aliphatic heterocycles. The summed E-state index contributed by atoms with van der Waals surface area (Å²) >= 11 is 0. The lowest BCUT2D eigenvalue weighted by molar-refractivity contribution is 0.532. The normalized spacial score (nSPS) is 10.6. The lowest BCUT2D eigenvalue weighted by Gasteiger charge is -2.17. The van der Waals surface area contributed by atoms with Crippen molar-refractivity contribution in [2.24, 2.45) is 0 Å². The molecule has 0 spiro atoms. The summed E-state index contributed by atoms with van der Waals surface area (Å²) in [6.45, 7) is 2.30. The Morgan fingerprint density at radius 1 is 0.593 bits per heavy atom. The maximum Gasteiger partial charge on any atom is 0.0393 e. The molecular weight excluding hydrogens is 394 g/mol. The van der Waals surface area contributed by atoms with E-state index in [1.54, 1.807) is 0 Å². The van der Waals surface area contributed by atoms with E-state index in [1.165, 1.54) is 114 Å². The number of hydrogen-bond donors (Lipinski definition) is 0. The number of unbranched alkanes of at least 4 members (excludes halogenated alkanes) is 14. The Kier molecular flexibility index (Phi) is 18.5. The van der Waals surface area contributed by atoms with E-state index < -0.39 is 0 Å². The van der Waals surface area contributed by atoms with Crippen LogP contribution in [0.2, 0.25) is 0 Å². The molecule has 0 heterocycles. The number of rotatable bonds is 17. The molecule has 2 heteroatoms. The van der Waals surface area contributed by atoms with Gasteiger partial charge in [0.1, 0.15) is 0 Å². The molecule has 0 radical (unpaired) electrons. The summed E-state index contributed by atoms with van der Waals surface area (Å²) in [5, 5.41) is 0. The fourth-order valence-electron chi connectivity index (χ4n) is 3.85. The molecule has 0 fully saturated rings. The Morgan fingerprint density at radius 3 is 1.44 bits per heavy atom. The van der Waals surface area contributed by atoms with Gasteiger partial charge < -0.3 is 4.90 Å². The number of aryl methyl sites for hydroxylation is 1. The lowest BCUT2D eigenvalue weighted by atomic mass is 10.0. The van der Waals surface area contributed by atoms with Crippen LogP contribution in [0.3, 0.4) is 0 Å². The maximum atomic E-state index is 2.30. The average Bonchev–Trinajstić information content (AvgIpc) is 2.65. The summed E-state index contributed by atoms with van der Waals surface area (Å²) in [5.74, 6) is 0. The van der Waals surface area contributed by atoms with Crippen LogP contribution in [0.15, 0.2) is 24.3 Å². The molecule has 0 aliphatic rings. The average molecular weight is 441 g/mol. The topological polar surface area (TPSA) is 3.24 Å². The molecule has 0 bridgehead atoms. The van der Waals surface area contributed by atoms with Gasteiger partial charge in [-0.15, -0.1) is 17.0 Å². The van der Waals surface area contributed by atoms with Crippen LogP contribution in [0.5, 0.6) is 0 Å². The molecule has 0 amide bonds. The molecule has 1 rings (SSSR count). The minimum absolute atomic E-state index is 0. The van der Waals surface area contributed by atoms with E-state index in [9.17, 15) is 0 Å². The first-order valence-electron chi connectivity index (χ1n) is 11.5. The zero-order valence-electron chi connectivity index (χ0n) is 18.5. The summed E-state index contributed by atoms with van der Waals surface area (Å²) in [7, 11) is 4.29. The van der Waals surface area contributed by atoms with E-state index in [0.29, 0.717) is 0 Å². The van der Waals surface area contributed by atoms with Gasteiger partial charge in [-0.1, -0.05) is 115 Å². The van der Waals surface area contributed by atoms with Gasteiger partial charge in [-0.3, -0.25) is 0 Å². The smallest absolute Gasteiger partial charge is 0.0393 e. The third kappa shape index (κ3) is 14.2. The number of halogens is 1. The molecule has 1 nitrogen and oxygen atoms in total. The largest absolute Gasteiger partial charge is 0.377 e. The predicted molar refractivity (Wildman–Crippen MR) is 130 cm³/mol. The molecule has 0 atom stereocenters. The summed E-state index contributed by atoms with van der Waals surface area (Å²) in [6.07, 6.45) is 22.8. The van der Waals surface area contributed by atoms with Crippen LogP contribution in [0.1, 0.15) is 109 Å². The van der Waals surface area contributed by atoms with Gasteiger partial charge in [0.2, 0.25) is 0 Å². The quantitative estimate of drug-likeness (QED) is 0.219. The van der Waals surface area contributed by atoms with Crippen LogP contribution in [-0.4, -0.2) is 14.1 Å². The highest BCUT2D eigenvalue weighted by Gasteiger charge is 2.03. The van der Waals surface area contributed by atoms with Crippen molar-refractivity contribution in [3.05, 3.63) is 29.8 Å². The molecule has 0 aliphatic carbocycles. The van der Waals surface area contributed by atoms with Crippen LogP contribution < -0.4 is 4.90 Å². The minimum Gasteiger partial charge on any atom is -0.377 e. The van der Waals surface area contributed by atoms with Gasteiger partial charge >= 0.3 is 0 Å². The predicted octanol–water partition coefficient (Wildman–Crippen LogP) is 8.74. The molecule has 27 heavy (non-hydrogen) atoms. The molecule has 0 saturated carbocycles. The van der Waals surface area contributed by atoms with Crippen LogP contribution in [-0.2, 0) is 6.42 Å². The molecule has 158 valence electrons. The number of benzene rings is 1. The number of hydrogen-bond acceptors (Lipinski definition) is 1. The van der Waals surface area contributed by atoms with E-state index in [-0.39, 0.29) is 17.0 Å². The monoisotopic (exact) mass is 439 g/mol. The Labute approximate surface area is 181 Å². The van der Waals surface area contributed by atoms with Crippen LogP contribution in [0.25, 0.3) is 0 Å². The molecule has 0 N–H and O–H groups in total. The van der Waals surface area contributed by atoms with Crippen molar-refractivity contribution < 1.29 is 0 Å². The van der Waals surface area contributed by atoms with Gasteiger partial charge in [-0.2, -0.15) is 0 Å². The van der Waals surface area contributed by atoms with Crippen LogP contribution in [0, 0.1) is 0 Å². The van der Waals surface area contributed by atoms with Crippen molar-refractivity contribution >= 4 is 22.7 Å². The number of para-hydroxylation sites is 1. The van der Waals surface area contributed by atoms with Crippen molar-refractivity contribution in [3.63, 3.8) is 0 Å². The second kappa shape index (κ2) is 18.8.